The predicted molar refractivity (Wildman–Crippen MR) is 105 cm³/mol. The molecule has 25 heavy (non-hydrogen) atoms. The summed E-state index contributed by atoms with van der Waals surface area (Å²) in [6.07, 6.45) is 0.884. The monoisotopic (exact) mass is 372 g/mol. The van der Waals surface area contributed by atoms with Crippen LogP contribution in [0.4, 0.5) is 5.13 Å². The largest absolute Gasteiger partial charge is 0.300 e. The molecule has 1 aromatic carbocycles. The fourth-order valence-corrected chi connectivity index (χ4v) is 3.98. The maximum absolute atomic E-state index is 12.1. The zero-order valence-corrected chi connectivity index (χ0v) is 16.3. The fourth-order valence-electron chi connectivity index (χ4n) is 2.48. The van der Waals surface area contributed by atoms with Crippen LogP contribution in [0.5, 0.6) is 0 Å². The quantitative estimate of drug-likeness (QED) is 0.676. The van der Waals surface area contributed by atoms with E-state index in [4.69, 9.17) is 4.98 Å². The Balaban J connectivity index is 1.77. The van der Waals surface area contributed by atoms with E-state index in [1.165, 1.54) is 39.8 Å². The zero-order valence-electron chi connectivity index (χ0n) is 14.7. The number of aromatic nitrogens is 3. The van der Waals surface area contributed by atoms with Gasteiger partial charge in [-0.2, -0.15) is 0 Å². The fraction of sp³-hybridized carbons (Fsp3) is 0.333. The van der Waals surface area contributed by atoms with Crippen LogP contribution in [-0.4, -0.2) is 26.8 Å². The number of nitrogens with zero attached hydrogens (tertiary/aromatic N) is 3. The molecule has 0 atom stereocenters. The highest BCUT2D eigenvalue weighted by Gasteiger charge is 2.12. The Hall–Kier alpha value is -1.99. The van der Waals surface area contributed by atoms with Gasteiger partial charge in [-0.15, -0.1) is 10.2 Å². The smallest absolute Gasteiger partial charge is 0.236 e. The van der Waals surface area contributed by atoms with Crippen molar-refractivity contribution in [2.75, 3.05) is 11.1 Å². The van der Waals surface area contributed by atoms with E-state index in [-0.39, 0.29) is 5.91 Å². The van der Waals surface area contributed by atoms with Crippen LogP contribution in [0.15, 0.2) is 23.2 Å². The van der Waals surface area contributed by atoms with Gasteiger partial charge in [0.05, 0.1) is 11.3 Å². The minimum atomic E-state index is -0.0924. The molecule has 0 bridgehead atoms. The van der Waals surface area contributed by atoms with Gasteiger partial charge in [0.2, 0.25) is 11.0 Å². The van der Waals surface area contributed by atoms with E-state index >= 15 is 0 Å². The molecule has 3 aromatic rings. The Morgan fingerprint density at radius 1 is 1.16 bits per heavy atom. The normalized spacial score (nSPS) is 11.0. The Morgan fingerprint density at radius 3 is 2.60 bits per heavy atom. The topological polar surface area (TPSA) is 67.8 Å². The molecule has 0 aliphatic rings. The molecule has 130 valence electrons. The summed E-state index contributed by atoms with van der Waals surface area (Å²) in [6, 6.07) is 6.47. The lowest BCUT2D eigenvalue weighted by molar-refractivity contribution is -0.113. The molecule has 5 nitrogen and oxygen atoms in total. The van der Waals surface area contributed by atoms with E-state index < -0.39 is 0 Å². The minimum Gasteiger partial charge on any atom is -0.300 e. The summed E-state index contributed by atoms with van der Waals surface area (Å²) >= 11 is 2.84. The lowest BCUT2D eigenvalue weighted by Crippen LogP contribution is -2.14. The van der Waals surface area contributed by atoms with E-state index in [9.17, 15) is 4.79 Å². The average molecular weight is 373 g/mol. The van der Waals surface area contributed by atoms with Crippen LogP contribution in [-0.2, 0) is 11.2 Å². The van der Waals surface area contributed by atoms with Gasteiger partial charge < -0.3 is 0 Å². The van der Waals surface area contributed by atoms with Crippen LogP contribution < -0.4 is 5.32 Å². The summed E-state index contributed by atoms with van der Waals surface area (Å²) in [5.41, 5.74) is 4.64. The number of anilines is 1. The highest BCUT2D eigenvalue weighted by Crippen LogP contribution is 2.27. The molecule has 1 N–H and O–H groups in total. The van der Waals surface area contributed by atoms with Gasteiger partial charge in [0.25, 0.3) is 0 Å². The molecule has 2 aromatic heterocycles. The van der Waals surface area contributed by atoms with E-state index in [2.05, 4.69) is 54.5 Å². The van der Waals surface area contributed by atoms with Crippen LogP contribution in [0.2, 0.25) is 0 Å². The Morgan fingerprint density at radius 2 is 1.92 bits per heavy atom. The van der Waals surface area contributed by atoms with Gasteiger partial charge in [0, 0.05) is 5.39 Å². The molecular formula is C18H20N4OS2. The highest BCUT2D eigenvalue weighted by atomic mass is 32.2. The maximum Gasteiger partial charge on any atom is 0.236 e. The Labute approximate surface area is 155 Å². The first-order valence-electron chi connectivity index (χ1n) is 8.10. The average Bonchev–Trinajstić information content (AvgIpc) is 2.98. The van der Waals surface area contributed by atoms with Crippen molar-refractivity contribution >= 4 is 45.0 Å². The molecule has 2 heterocycles. The number of amides is 1. The zero-order chi connectivity index (χ0) is 18.0. The summed E-state index contributed by atoms with van der Waals surface area (Å²) < 4.78 is 0. The molecular weight excluding hydrogens is 352 g/mol. The van der Waals surface area contributed by atoms with Crippen molar-refractivity contribution in [1.29, 1.82) is 0 Å². The first kappa shape index (κ1) is 17.8. The van der Waals surface area contributed by atoms with E-state index in [1.54, 1.807) is 0 Å². The molecule has 7 heteroatoms. The summed E-state index contributed by atoms with van der Waals surface area (Å²) in [4.78, 5) is 16.9. The third-order valence-electron chi connectivity index (χ3n) is 3.96. The lowest BCUT2D eigenvalue weighted by Gasteiger charge is -2.10. The number of fused-ring (bicyclic) bond motifs is 1. The number of pyridine rings is 1. The number of aryl methyl sites for hydroxylation is 4. The number of carbonyl (C=O) groups excluding carboxylic acids is 1. The van der Waals surface area contributed by atoms with Crippen LogP contribution in [0.25, 0.3) is 10.9 Å². The summed E-state index contributed by atoms with van der Waals surface area (Å²) in [6.45, 7) is 8.17. The second-order valence-electron chi connectivity index (χ2n) is 5.90. The van der Waals surface area contributed by atoms with Gasteiger partial charge in [-0.05, 0) is 62.1 Å². The van der Waals surface area contributed by atoms with E-state index in [1.807, 2.05) is 6.92 Å². The third-order valence-corrected chi connectivity index (χ3v) is 5.75. The molecule has 0 saturated heterocycles. The van der Waals surface area contributed by atoms with Crippen molar-refractivity contribution in [2.45, 2.75) is 39.1 Å². The molecule has 0 unspecified atom stereocenters. The van der Waals surface area contributed by atoms with Crippen LogP contribution in [0.3, 0.4) is 0 Å². The van der Waals surface area contributed by atoms with Gasteiger partial charge >= 0.3 is 0 Å². The molecule has 1 amide bonds. The summed E-state index contributed by atoms with van der Waals surface area (Å²) in [7, 11) is 0. The maximum atomic E-state index is 12.1. The van der Waals surface area contributed by atoms with Gasteiger partial charge in [-0.25, -0.2) is 4.98 Å². The number of hydrogen-bond acceptors (Lipinski definition) is 6. The number of nitrogens with one attached hydrogen (secondary N) is 1. The van der Waals surface area contributed by atoms with E-state index in [0.29, 0.717) is 10.9 Å². The number of benzene rings is 1. The standard InChI is InChI=1S/C18H20N4OS2/c1-5-13-8-14-6-10(2)11(3)7-15(14)19-17(13)24-9-16(23)20-18-22-21-12(4)25-18/h6-8H,5,9H2,1-4H3,(H,20,22,23). The van der Waals surface area contributed by atoms with Gasteiger partial charge in [0.15, 0.2) is 0 Å². The summed E-state index contributed by atoms with van der Waals surface area (Å²) in [5.74, 6) is 0.208. The molecule has 0 aliphatic carbocycles. The van der Waals surface area contributed by atoms with Gasteiger partial charge in [-0.1, -0.05) is 30.0 Å². The highest BCUT2D eigenvalue weighted by molar-refractivity contribution is 8.00. The third kappa shape index (κ3) is 4.16. The summed E-state index contributed by atoms with van der Waals surface area (Å²) in [5, 5.41) is 14.0. The number of rotatable bonds is 5. The van der Waals surface area contributed by atoms with Crippen molar-refractivity contribution < 1.29 is 4.79 Å². The first-order chi connectivity index (χ1) is 12.0. The lowest BCUT2D eigenvalue weighted by atomic mass is 10.0. The second kappa shape index (κ2) is 7.49. The SMILES string of the molecule is CCc1cc2cc(C)c(C)cc2nc1SCC(=O)Nc1nnc(C)s1. The van der Waals surface area contributed by atoms with Crippen molar-refractivity contribution in [3.05, 3.63) is 39.9 Å². The van der Waals surface area contributed by atoms with Crippen molar-refractivity contribution in [1.82, 2.24) is 15.2 Å². The van der Waals surface area contributed by atoms with Crippen molar-refractivity contribution in [2.24, 2.45) is 0 Å². The number of carbonyl (C=O) groups is 1. The predicted octanol–water partition coefficient (Wildman–Crippen LogP) is 4.30. The van der Waals surface area contributed by atoms with Crippen molar-refractivity contribution in [3.8, 4) is 0 Å². The van der Waals surface area contributed by atoms with Gasteiger partial charge in [-0.3, -0.25) is 10.1 Å². The number of hydrogen-bond donors (Lipinski definition) is 1. The molecule has 3 rings (SSSR count). The van der Waals surface area contributed by atoms with Crippen LogP contribution in [0, 0.1) is 20.8 Å². The molecule has 0 saturated carbocycles. The van der Waals surface area contributed by atoms with Crippen LogP contribution >= 0.6 is 23.1 Å². The minimum absolute atomic E-state index is 0.0924. The Kier molecular flexibility index (Phi) is 5.34. The molecule has 0 spiro atoms. The van der Waals surface area contributed by atoms with Gasteiger partial charge in [0.1, 0.15) is 10.0 Å². The van der Waals surface area contributed by atoms with E-state index in [0.717, 1.165) is 27.4 Å². The second-order valence-corrected chi connectivity index (χ2v) is 8.04. The molecule has 0 fully saturated rings. The van der Waals surface area contributed by atoms with Crippen molar-refractivity contribution in [3.63, 3.8) is 0 Å². The molecule has 0 aliphatic heterocycles. The number of thioether (sulfide) groups is 1. The Bertz CT molecular complexity index is 936. The first-order valence-corrected chi connectivity index (χ1v) is 9.90. The van der Waals surface area contributed by atoms with Crippen LogP contribution in [0.1, 0.15) is 28.6 Å². The molecule has 0 radical (unpaired) electrons.